The third-order valence-corrected chi connectivity index (χ3v) is 3.96. The number of nitrogens with one attached hydrogen (secondary N) is 1. The molecule has 2 aliphatic rings. The van der Waals surface area contributed by atoms with Crippen LogP contribution in [0.4, 0.5) is 5.69 Å². The summed E-state index contributed by atoms with van der Waals surface area (Å²) in [7, 11) is 0. The molecule has 2 heterocycles. The van der Waals surface area contributed by atoms with Crippen LogP contribution in [0.25, 0.3) is 0 Å². The van der Waals surface area contributed by atoms with Gasteiger partial charge in [0.25, 0.3) is 5.91 Å². The molecular weight excluding hydrogens is 254 g/mol. The molecule has 0 aromatic heterocycles. The van der Waals surface area contributed by atoms with E-state index in [9.17, 15) is 9.59 Å². The zero-order valence-electron chi connectivity index (χ0n) is 11.6. The predicted molar refractivity (Wildman–Crippen MR) is 76.4 cm³/mol. The van der Waals surface area contributed by atoms with E-state index in [1.54, 1.807) is 12.1 Å². The topological polar surface area (TPSA) is 75.4 Å². The summed E-state index contributed by atoms with van der Waals surface area (Å²) in [4.78, 5) is 25.7. The van der Waals surface area contributed by atoms with Crippen molar-refractivity contribution in [1.29, 1.82) is 0 Å². The minimum Gasteiger partial charge on any atom is -0.337 e. The molecule has 1 saturated heterocycles. The molecule has 2 aliphatic heterocycles. The minimum absolute atomic E-state index is 0.00847. The second kappa shape index (κ2) is 4.90. The van der Waals surface area contributed by atoms with Crippen LogP contribution in [0.3, 0.4) is 0 Å². The Hall–Kier alpha value is -1.88. The smallest absolute Gasteiger partial charge is 0.253 e. The number of nitrogens with two attached hydrogens (primary N) is 1. The van der Waals surface area contributed by atoms with Crippen molar-refractivity contribution in [2.45, 2.75) is 25.8 Å². The molecule has 2 unspecified atom stereocenters. The maximum atomic E-state index is 12.5. The van der Waals surface area contributed by atoms with E-state index < -0.39 is 0 Å². The molecule has 1 aromatic rings. The van der Waals surface area contributed by atoms with Crippen LogP contribution in [0.2, 0.25) is 0 Å². The first-order chi connectivity index (χ1) is 9.52. The maximum absolute atomic E-state index is 12.5. The first-order valence-electron chi connectivity index (χ1n) is 7.00. The highest BCUT2D eigenvalue weighted by atomic mass is 16.2. The van der Waals surface area contributed by atoms with Crippen molar-refractivity contribution < 1.29 is 9.59 Å². The molecular formula is C15H19N3O2. The Morgan fingerprint density at radius 3 is 2.95 bits per heavy atom. The van der Waals surface area contributed by atoms with Crippen molar-refractivity contribution in [3.63, 3.8) is 0 Å². The predicted octanol–water partition coefficient (Wildman–Crippen LogP) is 0.990. The quantitative estimate of drug-likeness (QED) is 0.801. The van der Waals surface area contributed by atoms with Gasteiger partial charge in [-0.3, -0.25) is 9.59 Å². The second-order valence-corrected chi connectivity index (χ2v) is 5.91. The van der Waals surface area contributed by atoms with Crippen molar-refractivity contribution in [2.24, 2.45) is 11.7 Å². The molecule has 5 nitrogen and oxygen atoms in total. The van der Waals surface area contributed by atoms with Gasteiger partial charge in [-0.1, -0.05) is 6.92 Å². The van der Waals surface area contributed by atoms with Gasteiger partial charge in [-0.15, -0.1) is 0 Å². The number of fused-ring (bicyclic) bond motifs is 1. The zero-order valence-corrected chi connectivity index (χ0v) is 11.6. The van der Waals surface area contributed by atoms with Crippen molar-refractivity contribution in [3.05, 3.63) is 29.3 Å². The van der Waals surface area contributed by atoms with E-state index in [1.165, 1.54) is 0 Å². The fourth-order valence-corrected chi connectivity index (χ4v) is 3.11. The number of hydrogen-bond donors (Lipinski definition) is 2. The van der Waals surface area contributed by atoms with Crippen LogP contribution in [0.5, 0.6) is 0 Å². The Morgan fingerprint density at radius 1 is 1.40 bits per heavy atom. The van der Waals surface area contributed by atoms with Gasteiger partial charge in [0.05, 0.1) is 6.42 Å². The number of anilines is 1. The van der Waals surface area contributed by atoms with E-state index in [2.05, 4.69) is 12.2 Å². The van der Waals surface area contributed by atoms with Crippen LogP contribution in [0.1, 0.15) is 29.3 Å². The number of likely N-dealkylation sites (tertiary alicyclic amines) is 1. The van der Waals surface area contributed by atoms with Crippen LogP contribution >= 0.6 is 0 Å². The molecule has 106 valence electrons. The fourth-order valence-electron chi connectivity index (χ4n) is 3.11. The van der Waals surface area contributed by atoms with Crippen molar-refractivity contribution >= 4 is 17.5 Å². The Bertz CT molecular complexity index is 560. The van der Waals surface area contributed by atoms with E-state index in [0.29, 0.717) is 24.4 Å². The van der Waals surface area contributed by atoms with Gasteiger partial charge in [0.15, 0.2) is 0 Å². The highest BCUT2D eigenvalue weighted by Crippen LogP contribution is 2.25. The SMILES string of the molecule is CC1CC(N)CN(C(=O)c2ccc3c(c2)CC(=O)N3)C1. The minimum atomic E-state index is -0.0155. The van der Waals surface area contributed by atoms with Gasteiger partial charge in [0, 0.05) is 30.4 Å². The first kappa shape index (κ1) is 13.1. The molecule has 2 atom stereocenters. The highest BCUT2D eigenvalue weighted by molar-refractivity contribution is 6.01. The lowest BCUT2D eigenvalue weighted by Gasteiger charge is -2.34. The maximum Gasteiger partial charge on any atom is 0.253 e. The van der Waals surface area contributed by atoms with Gasteiger partial charge in [-0.25, -0.2) is 0 Å². The summed E-state index contributed by atoms with van der Waals surface area (Å²) >= 11 is 0. The van der Waals surface area contributed by atoms with E-state index in [-0.39, 0.29) is 17.9 Å². The van der Waals surface area contributed by atoms with E-state index in [1.807, 2.05) is 11.0 Å². The monoisotopic (exact) mass is 273 g/mol. The van der Waals surface area contributed by atoms with Gasteiger partial charge in [-0.05, 0) is 36.1 Å². The van der Waals surface area contributed by atoms with E-state index in [4.69, 9.17) is 5.73 Å². The lowest BCUT2D eigenvalue weighted by molar-refractivity contribution is -0.115. The molecule has 0 saturated carbocycles. The summed E-state index contributed by atoms with van der Waals surface area (Å²) in [6, 6.07) is 5.46. The highest BCUT2D eigenvalue weighted by Gasteiger charge is 2.27. The Kier molecular flexibility index (Phi) is 3.22. The van der Waals surface area contributed by atoms with Crippen LogP contribution in [-0.4, -0.2) is 35.8 Å². The van der Waals surface area contributed by atoms with Crippen molar-refractivity contribution in [2.75, 3.05) is 18.4 Å². The lowest BCUT2D eigenvalue weighted by atomic mass is 9.95. The largest absolute Gasteiger partial charge is 0.337 e. The molecule has 0 aliphatic carbocycles. The van der Waals surface area contributed by atoms with Gasteiger partial charge in [-0.2, -0.15) is 0 Å². The summed E-state index contributed by atoms with van der Waals surface area (Å²) in [5.41, 5.74) is 8.34. The number of amides is 2. The van der Waals surface area contributed by atoms with Gasteiger partial charge in [0.2, 0.25) is 5.91 Å². The van der Waals surface area contributed by atoms with Gasteiger partial charge >= 0.3 is 0 Å². The van der Waals surface area contributed by atoms with E-state index in [0.717, 1.165) is 24.2 Å². The number of nitrogens with zero attached hydrogens (tertiary/aromatic N) is 1. The van der Waals surface area contributed by atoms with Gasteiger partial charge in [0.1, 0.15) is 0 Å². The number of carbonyl (C=O) groups is 2. The molecule has 0 radical (unpaired) electrons. The van der Waals surface area contributed by atoms with Crippen LogP contribution in [0, 0.1) is 5.92 Å². The lowest BCUT2D eigenvalue weighted by Crippen LogP contribution is -2.48. The Morgan fingerprint density at radius 2 is 2.20 bits per heavy atom. The zero-order chi connectivity index (χ0) is 14.3. The Labute approximate surface area is 118 Å². The summed E-state index contributed by atoms with van der Waals surface area (Å²) in [5.74, 6) is 0.424. The third-order valence-electron chi connectivity index (χ3n) is 3.96. The summed E-state index contributed by atoms with van der Waals surface area (Å²) in [5, 5.41) is 2.77. The molecule has 5 heteroatoms. The normalized spacial score (nSPS) is 25.3. The van der Waals surface area contributed by atoms with E-state index >= 15 is 0 Å². The molecule has 20 heavy (non-hydrogen) atoms. The second-order valence-electron chi connectivity index (χ2n) is 5.91. The average Bonchev–Trinajstić information content (AvgIpc) is 2.75. The van der Waals surface area contributed by atoms with Crippen LogP contribution in [0.15, 0.2) is 18.2 Å². The average molecular weight is 273 g/mol. The molecule has 0 bridgehead atoms. The number of benzene rings is 1. The van der Waals surface area contributed by atoms with Crippen molar-refractivity contribution in [3.8, 4) is 0 Å². The Balaban J connectivity index is 1.81. The molecule has 1 aromatic carbocycles. The summed E-state index contributed by atoms with van der Waals surface area (Å²) < 4.78 is 0. The molecule has 2 amide bonds. The van der Waals surface area contributed by atoms with Gasteiger partial charge < -0.3 is 16.0 Å². The van der Waals surface area contributed by atoms with Crippen LogP contribution in [-0.2, 0) is 11.2 Å². The number of rotatable bonds is 1. The van der Waals surface area contributed by atoms with Crippen LogP contribution < -0.4 is 11.1 Å². The molecule has 3 rings (SSSR count). The summed E-state index contributed by atoms with van der Waals surface area (Å²) in [6.45, 7) is 3.48. The third kappa shape index (κ3) is 2.41. The first-order valence-corrected chi connectivity index (χ1v) is 7.00. The number of carbonyl (C=O) groups excluding carboxylic acids is 2. The number of hydrogen-bond acceptors (Lipinski definition) is 3. The standard InChI is InChI=1S/C15H19N3O2/c1-9-4-12(16)8-18(7-9)15(20)10-2-3-13-11(5-10)6-14(19)17-13/h2-3,5,9,12H,4,6-8,16H2,1H3,(H,17,19). The number of piperidine rings is 1. The fraction of sp³-hybridized carbons (Fsp3) is 0.467. The molecule has 3 N–H and O–H groups in total. The van der Waals surface area contributed by atoms with Crippen molar-refractivity contribution in [1.82, 2.24) is 4.90 Å². The molecule has 0 spiro atoms. The molecule has 1 fully saturated rings. The summed E-state index contributed by atoms with van der Waals surface area (Å²) in [6.07, 6.45) is 1.32.